The maximum Gasteiger partial charge on any atom is 0.287 e. The molecule has 10 heteroatoms. The Morgan fingerprint density at radius 3 is 1.12 bits per heavy atom. The number of para-hydroxylation sites is 1. The van der Waals surface area contributed by atoms with Gasteiger partial charge in [-0.1, -0.05) is 92.1 Å². The maximum atomic E-state index is 14.4. The Bertz CT molecular complexity index is 5160. The van der Waals surface area contributed by atoms with E-state index in [1.165, 1.54) is 179 Å². The van der Waals surface area contributed by atoms with Crippen molar-refractivity contribution in [3.8, 4) is 45.0 Å². The van der Waals surface area contributed by atoms with Crippen LogP contribution in [0.15, 0.2) is 135 Å². The summed E-state index contributed by atoms with van der Waals surface area (Å²) in [6, 6.07) is 40.1. The van der Waals surface area contributed by atoms with Crippen LogP contribution in [0.5, 0.6) is 0 Å². The summed E-state index contributed by atoms with van der Waals surface area (Å²) in [7, 11) is 8.24. The van der Waals surface area contributed by atoms with Crippen LogP contribution in [0.4, 0.5) is 8.78 Å². The fourth-order valence-corrected chi connectivity index (χ4v) is 16.6. The van der Waals surface area contributed by atoms with Gasteiger partial charge in [-0.2, -0.15) is 0 Å². The van der Waals surface area contributed by atoms with Crippen molar-refractivity contribution in [1.29, 1.82) is 0 Å². The van der Waals surface area contributed by atoms with E-state index in [-0.39, 0.29) is 11.6 Å². The van der Waals surface area contributed by atoms with Gasteiger partial charge in [-0.3, -0.25) is 0 Å². The summed E-state index contributed by atoms with van der Waals surface area (Å²) < 4.78 is 37.1. The minimum absolute atomic E-state index is 0.0982. The van der Waals surface area contributed by atoms with E-state index in [1.54, 1.807) is 0 Å². The van der Waals surface area contributed by atoms with Crippen molar-refractivity contribution in [3.63, 3.8) is 0 Å². The molecular formula is C90H102F2N8+4. The van der Waals surface area contributed by atoms with Crippen molar-refractivity contribution < 1.29 is 27.0 Å². The van der Waals surface area contributed by atoms with Crippen LogP contribution in [-0.2, 0) is 28.2 Å². The number of nitrogens with zero attached hydrogens (tertiary/aromatic N) is 8. The molecule has 8 nitrogen and oxygen atoms in total. The number of aromatic nitrogens is 8. The molecule has 4 aromatic heterocycles. The van der Waals surface area contributed by atoms with E-state index >= 15 is 0 Å². The van der Waals surface area contributed by atoms with Gasteiger partial charge in [-0.05, 0) is 317 Å². The Morgan fingerprint density at radius 1 is 0.310 bits per heavy atom. The average molecular weight is 1330 g/mol. The molecule has 16 rings (SSSR count). The van der Waals surface area contributed by atoms with Crippen molar-refractivity contribution >= 4 is 43.6 Å². The van der Waals surface area contributed by atoms with Gasteiger partial charge in [0.1, 0.15) is 34.4 Å². The van der Waals surface area contributed by atoms with Gasteiger partial charge in [0.2, 0.25) is 0 Å². The molecular weight excluding hydrogens is 1230 g/mol. The normalized spacial score (nSPS) is 15.0. The summed E-state index contributed by atoms with van der Waals surface area (Å²) in [6.07, 6.45) is 26.1. The van der Waals surface area contributed by atoms with Gasteiger partial charge in [-0.25, -0.2) is 27.0 Å². The Labute approximate surface area is 592 Å². The first kappa shape index (κ1) is 69.5. The van der Waals surface area contributed by atoms with Crippen LogP contribution >= 0.6 is 0 Å². The smallest absolute Gasteiger partial charge is 0.232 e. The van der Waals surface area contributed by atoms with Gasteiger partial charge < -0.3 is 0 Å². The highest BCUT2D eigenvalue weighted by Gasteiger charge is 2.30. The number of hydrogen-bond donors (Lipinski definition) is 0. The molecule has 4 fully saturated rings. The van der Waals surface area contributed by atoms with Gasteiger partial charge in [0, 0.05) is 27.8 Å². The van der Waals surface area contributed by atoms with Gasteiger partial charge in [0.25, 0.3) is 25.3 Å². The molecule has 4 aliphatic carbocycles. The van der Waals surface area contributed by atoms with Gasteiger partial charge in [0.15, 0.2) is 22.1 Å². The second kappa shape index (κ2) is 28.9. The summed E-state index contributed by atoms with van der Waals surface area (Å²) in [6.45, 7) is 24.6. The SMILES string of the molecule is Cc1cc(-c2c3ccc(C4CCCC4)cc3nc[n+]2C)c(C)c(C)c1F.Cc1cc(-c2c3cccc(C4CCCC4)c3nc[n+]2C)c(C)c(C)c1F.Cc1cc(C)c(C)c(-c2c3cc(C4CCC4)ccc3nc[n+]2C)c1.Cc1cc(C)c(C)c(-c2c3ccc(C4CCC4)cc3nc[n+]2C)c1. The highest BCUT2D eigenvalue weighted by molar-refractivity contribution is 5.96. The van der Waals surface area contributed by atoms with Crippen molar-refractivity contribution in [2.45, 2.75) is 197 Å². The zero-order valence-electron chi connectivity index (χ0n) is 62.2. The first-order chi connectivity index (χ1) is 48.0. The molecule has 4 aliphatic rings. The van der Waals surface area contributed by atoms with E-state index in [1.807, 2.05) is 93.1 Å². The van der Waals surface area contributed by atoms with Crippen LogP contribution in [0, 0.1) is 94.7 Å². The Hall–Kier alpha value is -9.02. The summed E-state index contributed by atoms with van der Waals surface area (Å²) in [5.41, 5.74) is 32.5. The molecule has 12 aromatic rings. The number of aryl methyl sites for hydroxylation is 10. The number of hydrogen-bond acceptors (Lipinski definition) is 4. The lowest BCUT2D eigenvalue weighted by atomic mass is 9.79. The van der Waals surface area contributed by atoms with Gasteiger partial charge in [0.05, 0.1) is 49.7 Å². The Kier molecular flexibility index (Phi) is 20.1. The molecule has 4 heterocycles. The van der Waals surface area contributed by atoms with Crippen molar-refractivity contribution in [2.75, 3.05) is 0 Å². The second-order valence-electron chi connectivity index (χ2n) is 30.2. The fraction of sp³-hybridized carbons (Fsp3) is 0.378. The lowest BCUT2D eigenvalue weighted by Crippen LogP contribution is -2.32. The molecule has 100 heavy (non-hydrogen) atoms. The zero-order chi connectivity index (χ0) is 70.5. The van der Waals surface area contributed by atoms with E-state index in [4.69, 9.17) is 9.97 Å². The molecule has 0 amide bonds. The molecule has 0 aliphatic heterocycles. The standard InChI is InChI=1S/2C23H26FN2.2C22H25N2/c1-14-12-20(15(2)16(3)21(14)24)23-19-11-7-10-18(17-8-5-6-9-17)22(19)25-13-26(23)4;1-14-11-20(15(2)16(3)22(14)24)23-19-10-9-18(17-7-5-6-8-17)12-21(19)25-13-26(23)4;1-14-10-15(2)16(3)19(11-14)22-20-12-18(17-6-5-7-17)8-9-21(20)23-13-24(22)4;1-14-10-15(2)16(3)20(11-14)22-19-9-8-18(17-6-5-7-17)12-21(19)23-13-24(22)4/h7,10-13,17H,5-6,8-9H2,1-4H3;9-13,17H,5-8H2,1-4H3;2*8-13,17H,5-7H2,1-4H3/q4*+1. The molecule has 8 aromatic carbocycles. The molecule has 0 unspecified atom stereocenters. The maximum absolute atomic E-state index is 14.4. The third-order valence-electron chi connectivity index (χ3n) is 23.5. The Balaban J connectivity index is 0.000000120. The highest BCUT2D eigenvalue weighted by atomic mass is 19.1. The fourth-order valence-electron chi connectivity index (χ4n) is 16.6. The molecule has 0 N–H and O–H groups in total. The summed E-state index contributed by atoms with van der Waals surface area (Å²) >= 11 is 0. The van der Waals surface area contributed by atoms with Crippen LogP contribution in [0.2, 0.25) is 0 Å². The molecule has 0 spiro atoms. The van der Waals surface area contributed by atoms with E-state index in [0.717, 1.165) is 89.4 Å². The minimum atomic E-state index is -0.101. The predicted octanol–water partition coefficient (Wildman–Crippen LogP) is 20.7. The van der Waals surface area contributed by atoms with Gasteiger partial charge >= 0.3 is 0 Å². The van der Waals surface area contributed by atoms with Gasteiger partial charge in [-0.15, -0.1) is 0 Å². The molecule has 0 saturated heterocycles. The molecule has 0 atom stereocenters. The minimum Gasteiger partial charge on any atom is -0.232 e. The predicted molar refractivity (Wildman–Crippen MR) is 406 cm³/mol. The number of rotatable bonds is 8. The van der Waals surface area contributed by atoms with Crippen molar-refractivity contribution in [3.05, 3.63) is 235 Å². The van der Waals surface area contributed by atoms with Crippen LogP contribution < -0.4 is 18.3 Å². The van der Waals surface area contributed by atoms with Crippen LogP contribution in [0.25, 0.3) is 88.6 Å². The summed E-state index contributed by atoms with van der Waals surface area (Å²) in [5.74, 6) is 2.58. The zero-order valence-corrected chi connectivity index (χ0v) is 62.2. The third-order valence-corrected chi connectivity index (χ3v) is 23.5. The number of fused-ring (bicyclic) bond motifs is 4. The summed E-state index contributed by atoms with van der Waals surface area (Å²) in [5, 5.41) is 4.81. The van der Waals surface area contributed by atoms with Crippen LogP contribution in [0.3, 0.4) is 0 Å². The lowest BCUT2D eigenvalue weighted by molar-refractivity contribution is -0.662. The van der Waals surface area contributed by atoms with Crippen molar-refractivity contribution in [1.82, 2.24) is 19.9 Å². The highest BCUT2D eigenvalue weighted by Crippen LogP contribution is 2.43. The molecule has 0 radical (unpaired) electrons. The monoisotopic (exact) mass is 1330 g/mol. The number of benzene rings is 8. The van der Waals surface area contributed by atoms with E-state index in [9.17, 15) is 8.78 Å². The summed E-state index contributed by atoms with van der Waals surface area (Å²) in [4.78, 5) is 18.8. The Morgan fingerprint density at radius 2 is 0.680 bits per heavy atom. The molecule has 0 bridgehead atoms. The van der Waals surface area contributed by atoms with Crippen LogP contribution in [0.1, 0.15) is 203 Å². The van der Waals surface area contributed by atoms with E-state index in [0.29, 0.717) is 23.0 Å². The van der Waals surface area contributed by atoms with E-state index in [2.05, 4.69) is 181 Å². The topological polar surface area (TPSA) is 67.1 Å². The van der Waals surface area contributed by atoms with Crippen molar-refractivity contribution in [2.24, 2.45) is 28.2 Å². The quantitative estimate of drug-likeness (QED) is 0.142. The average Bonchev–Trinajstić information content (AvgIpc) is 0.886. The first-order valence-electron chi connectivity index (χ1n) is 36.9. The number of halogens is 2. The second-order valence-corrected chi connectivity index (χ2v) is 30.2. The lowest BCUT2D eigenvalue weighted by Gasteiger charge is -2.25. The van der Waals surface area contributed by atoms with E-state index < -0.39 is 0 Å². The van der Waals surface area contributed by atoms with Crippen LogP contribution in [-0.4, -0.2) is 19.9 Å². The molecule has 4 saturated carbocycles. The first-order valence-corrected chi connectivity index (χ1v) is 36.9. The third kappa shape index (κ3) is 13.5. The molecule has 512 valence electrons. The largest absolute Gasteiger partial charge is 0.287 e.